The average molecular weight is 738 g/mol. The number of hydrogen-bond acceptors (Lipinski definition) is 11. The van der Waals surface area contributed by atoms with Gasteiger partial charge in [0.25, 0.3) is 0 Å². The summed E-state index contributed by atoms with van der Waals surface area (Å²) in [4.78, 5) is 53.3. The minimum absolute atomic E-state index is 0.405. The number of halogens is 2. The van der Waals surface area contributed by atoms with E-state index in [0.29, 0.717) is 73.3 Å². The van der Waals surface area contributed by atoms with E-state index in [1.165, 1.54) is 18.7 Å². The standard InChI is InChI=1S/C21H13FN6.C20H12FN7/c22-16-12-24-9-6-14(16)15-10-18-21(27-19(15)13-4-3-7-23-11-13)28-20(26-18)17-5-1-2-8-25-17;21-16-10-23-5-3-14(16)15-6-17-20(27-18(15)12-2-1-4-22-7-12)28-19(26-17)13-8-24-11-25-9-13/h1-12H,(H,26,27,28);1-11H,(H,26,27,28). The predicted molar refractivity (Wildman–Crippen MR) is 205 cm³/mol. The molecular weight excluding hydrogens is 713 g/mol. The minimum Gasteiger partial charge on any atom is -0.336 e. The lowest BCUT2D eigenvalue weighted by molar-refractivity contribution is 0.624. The lowest BCUT2D eigenvalue weighted by Gasteiger charge is -2.09. The third kappa shape index (κ3) is 6.67. The Morgan fingerprint density at radius 1 is 0.429 bits per heavy atom. The topological polar surface area (TPSA) is 173 Å². The zero-order valence-corrected chi connectivity index (χ0v) is 29.0. The molecule has 0 aromatic carbocycles. The van der Waals surface area contributed by atoms with Gasteiger partial charge in [-0.3, -0.25) is 24.9 Å². The van der Waals surface area contributed by atoms with E-state index in [-0.39, 0.29) is 0 Å². The summed E-state index contributed by atoms with van der Waals surface area (Å²) >= 11 is 0. The highest BCUT2D eigenvalue weighted by molar-refractivity contribution is 5.91. The molecule has 10 heterocycles. The zero-order chi connectivity index (χ0) is 37.8. The lowest BCUT2D eigenvalue weighted by Crippen LogP contribution is -1.94. The molecular formula is C41H25F2N13. The van der Waals surface area contributed by atoms with E-state index < -0.39 is 11.6 Å². The molecule has 0 unspecified atom stereocenters. The Morgan fingerprint density at radius 3 is 1.48 bits per heavy atom. The third-order valence-electron chi connectivity index (χ3n) is 8.68. The second kappa shape index (κ2) is 14.7. The van der Waals surface area contributed by atoms with Gasteiger partial charge in [0, 0.05) is 89.2 Å². The SMILES string of the molecule is Fc1cnccc1-c1cc2[nH]c(-c3ccccn3)nc2nc1-c1cccnc1.Fc1cnccc1-c1cc2[nH]c(-c3cncnc3)nc2nc1-c1cccnc1. The number of aromatic amines is 2. The summed E-state index contributed by atoms with van der Waals surface area (Å²) in [7, 11) is 0. The number of fused-ring (bicyclic) bond motifs is 2. The molecule has 0 aliphatic rings. The van der Waals surface area contributed by atoms with Crippen LogP contribution in [-0.2, 0) is 0 Å². The fraction of sp³-hybridized carbons (Fsp3) is 0. The monoisotopic (exact) mass is 737 g/mol. The number of imidazole rings is 2. The van der Waals surface area contributed by atoms with Crippen LogP contribution in [0.1, 0.15) is 0 Å². The van der Waals surface area contributed by atoms with Crippen LogP contribution in [0.4, 0.5) is 8.78 Å². The van der Waals surface area contributed by atoms with E-state index >= 15 is 0 Å². The summed E-state index contributed by atoms with van der Waals surface area (Å²) in [5.74, 6) is 0.350. The molecule has 0 bridgehead atoms. The summed E-state index contributed by atoms with van der Waals surface area (Å²) < 4.78 is 29.0. The van der Waals surface area contributed by atoms with Crippen molar-refractivity contribution in [1.82, 2.24) is 64.8 Å². The zero-order valence-electron chi connectivity index (χ0n) is 29.0. The first-order valence-electron chi connectivity index (χ1n) is 17.1. The molecule has 0 fully saturated rings. The highest BCUT2D eigenvalue weighted by Crippen LogP contribution is 2.36. The summed E-state index contributed by atoms with van der Waals surface area (Å²) in [6.45, 7) is 0. The Morgan fingerprint density at radius 2 is 0.964 bits per heavy atom. The van der Waals surface area contributed by atoms with Crippen LogP contribution in [0, 0.1) is 11.6 Å². The quantitative estimate of drug-likeness (QED) is 0.169. The van der Waals surface area contributed by atoms with Crippen LogP contribution in [0.3, 0.4) is 0 Å². The summed E-state index contributed by atoms with van der Waals surface area (Å²) in [5, 5.41) is 0. The van der Waals surface area contributed by atoms with E-state index in [4.69, 9.17) is 9.97 Å². The fourth-order valence-corrected chi connectivity index (χ4v) is 6.11. The summed E-state index contributed by atoms with van der Waals surface area (Å²) in [5.41, 5.74) is 8.67. The average Bonchev–Trinajstić information content (AvgIpc) is 3.89. The van der Waals surface area contributed by atoms with Crippen molar-refractivity contribution in [3.63, 3.8) is 0 Å². The smallest absolute Gasteiger partial charge is 0.178 e. The predicted octanol–water partition coefficient (Wildman–Crippen LogP) is 7.96. The molecule has 0 aliphatic heterocycles. The number of nitrogens with one attached hydrogen (secondary N) is 2. The molecule has 10 rings (SSSR count). The van der Waals surface area contributed by atoms with Crippen molar-refractivity contribution in [2.45, 2.75) is 0 Å². The van der Waals surface area contributed by atoms with Crippen LogP contribution in [-0.4, -0.2) is 64.8 Å². The van der Waals surface area contributed by atoms with Gasteiger partial charge in [-0.15, -0.1) is 0 Å². The summed E-state index contributed by atoms with van der Waals surface area (Å²) in [6.07, 6.45) is 18.7. The van der Waals surface area contributed by atoms with Crippen LogP contribution in [0.2, 0.25) is 0 Å². The molecule has 0 radical (unpaired) electrons. The van der Waals surface area contributed by atoms with Crippen LogP contribution in [0.25, 0.3) is 90.0 Å². The molecule has 0 spiro atoms. The van der Waals surface area contributed by atoms with Crippen molar-refractivity contribution in [1.29, 1.82) is 0 Å². The Balaban J connectivity index is 0.000000146. The number of pyridine rings is 7. The molecule has 56 heavy (non-hydrogen) atoms. The highest BCUT2D eigenvalue weighted by atomic mass is 19.1. The molecule has 0 atom stereocenters. The Hall–Kier alpha value is -8.07. The van der Waals surface area contributed by atoms with E-state index in [1.54, 1.807) is 67.9 Å². The Bertz CT molecular complexity index is 2740. The van der Waals surface area contributed by atoms with Gasteiger partial charge in [-0.1, -0.05) is 6.07 Å². The van der Waals surface area contributed by atoms with Crippen molar-refractivity contribution in [2.24, 2.45) is 0 Å². The van der Waals surface area contributed by atoms with Crippen molar-refractivity contribution < 1.29 is 8.78 Å². The van der Waals surface area contributed by atoms with Gasteiger partial charge in [-0.2, -0.15) is 0 Å². The number of nitrogens with zero attached hydrogens (tertiary/aromatic N) is 11. The Kier molecular flexibility index (Phi) is 8.89. The lowest BCUT2D eigenvalue weighted by atomic mass is 10.0. The number of rotatable bonds is 6. The second-order valence-electron chi connectivity index (χ2n) is 12.2. The van der Waals surface area contributed by atoms with Gasteiger partial charge in [-0.25, -0.2) is 38.7 Å². The first-order valence-corrected chi connectivity index (χ1v) is 17.1. The number of hydrogen-bond donors (Lipinski definition) is 2. The molecule has 13 nitrogen and oxygen atoms in total. The number of aromatic nitrogens is 13. The maximum atomic E-state index is 14.5. The van der Waals surface area contributed by atoms with Crippen molar-refractivity contribution in [3.05, 3.63) is 153 Å². The van der Waals surface area contributed by atoms with Crippen molar-refractivity contribution in [2.75, 3.05) is 0 Å². The van der Waals surface area contributed by atoms with Gasteiger partial charge >= 0.3 is 0 Å². The van der Waals surface area contributed by atoms with E-state index in [9.17, 15) is 8.78 Å². The molecule has 0 saturated heterocycles. The first kappa shape index (κ1) is 33.7. The van der Waals surface area contributed by atoms with Crippen LogP contribution >= 0.6 is 0 Å². The number of H-pyrrole nitrogens is 2. The van der Waals surface area contributed by atoms with Crippen LogP contribution in [0.5, 0.6) is 0 Å². The normalized spacial score (nSPS) is 11.0. The van der Waals surface area contributed by atoms with Gasteiger partial charge < -0.3 is 9.97 Å². The van der Waals surface area contributed by atoms with Crippen molar-refractivity contribution >= 4 is 22.3 Å². The van der Waals surface area contributed by atoms with E-state index in [2.05, 4.69) is 54.8 Å². The van der Waals surface area contributed by atoms with Crippen LogP contribution in [0.15, 0.2) is 141 Å². The molecule has 2 N–H and O–H groups in total. The van der Waals surface area contributed by atoms with E-state index in [1.807, 2.05) is 54.6 Å². The van der Waals surface area contributed by atoms with Gasteiger partial charge in [0.05, 0.1) is 40.4 Å². The van der Waals surface area contributed by atoms with Crippen molar-refractivity contribution in [3.8, 4) is 67.7 Å². The first-order chi connectivity index (χ1) is 27.6. The van der Waals surface area contributed by atoms with Gasteiger partial charge in [0.15, 0.2) is 17.1 Å². The van der Waals surface area contributed by atoms with Gasteiger partial charge in [0.2, 0.25) is 0 Å². The molecule has 0 saturated carbocycles. The third-order valence-corrected chi connectivity index (χ3v) is 8.68. The largest absolute Gasteiger partial charge is 0.336 e. The maximum Gasteiger partial charge on any atom is 0.178 e. The second-order valence-corrected chi connectivity index (χ2v) is 12.2. The molecule has 0 aliphatic carbocycles. The van der Waals surface area contributed by atoms with E-state index in [0.717, 1.165) is 16.7 Å². The Labute approximate surface area is 315 Å². The minimum atomic E-state index is -0.426. The highest BCUT2D eigenvalue weighted by Gasteiger charge is 2.19. The molecule has 10 aromatic rings. The van der Waals surface area contributed by atoms with Gasteiger partial charge in [-0.05, 0) is 60.7 Å². The van der Waals surface area contributed by atoms with Crippen LogP contribution < -0.4 is 0 Å². The van der Waals surface area contributed by atoms with Gasteiger partial charge in [0.1, 0.15) is 29.5 Å². The molecule has 0 amide bonds. The fourth-order valence-electron chi connectivity index (χ4n) is 6.11. The summed E-state index contributed by atoms with van der Waals surface area (Å²) in [6, 6.07) is 19.9. The molecule has 268 valence electrons. The maximum absolute atomic E-state index is 14.5. The molecule has 15 heteroatoms. The molecule has 10 aromatic heterocycles.